The Kier molecular flexibility index (Phi) is 5.02. The van der Waals surface area contributed by atoms with Crippen molar-refractivity contribution in [3.63, 3.8) is 0 Å². The Morgan fingerprint density at radius 1 is 1.28 bits per heavy atom. The minimum atomic E-state index is -4.55. The fourth-order valence-corrected chi connectivity index (χ4v) is 3.84. The summed E-state index contributed by atoms with van der Waals surface area (Å²) in [6.07, 6.45) is 0. The van der Waals surface area contributed by atoms with Gasteiger partial charge in [0.05, 0.1) is 15.5 Å². The molecule has 0 saturated heterocycles. The highest BCUT2D eigenvalue weighted by atomic mass is 32.2. The molecule has 10 heteroatoms. The number of non-ortho nitro benzene ring substituents is 1. The summed E-state index contributed by atoms with van der Waals surface area (Å²) in [6.45, 7) is 0.363. The van der Waals surface area contributed by atoms with Gasteiger partial charge in [-0.3, -0.25) is 19.2 Å². The monoisotopic (exact) mass is 368 g/mol. The number of anilines is 1. The van der Waals surface area contributed by atoms with Crippen LogP contribution in [0.15, 0.2) is 47.4 Å². The van der Waals surface area contributed by atoms with Gasteiger partial charge in [-0.05, 0) is 24.6 Å². The van der Waals surface area contributed by atoms with Crippen molar-refractivity contribution in [2.75, 3.05) is 10.8 Å². The lowest BCUT2D eigenvalue weighted by Crippen LogP contribution is -2.36. The predicted octanol–water partition coefficient (Wildman–Crippen LogP) is 2.32. The van der Waals surface area contributed by atoms with E-state index in [1.165, 1.54) is 25.1 Å². The summed E-state index contributed by atoms with van der Waals surface area (Å²) in [4.78, 5) is 20.8. The number of carboxylic acid groups (broad SMARTS) is 1. The third-order valence-corrected chi connectivity index (χ3v) is 5.25. The molecule has 0 aromatic heterocycles. The first-order valence-electron chi connectivity index (χ1n) is 6.88. The van der Waals surface area contributed by atoms with E-state index in [1.54, 1.807) is 0 Å². The number of nitro groups is 1. The number of carboxylic acids is 1. The largest absolute Gasteiger partial charge is 0.480 e. The summed E-state index contributed by atoms with van der Waals surface area (Å²) in [7, 11) is -4.55. The number of aryl methyl sites for hydroxylation is 1. The van der Waals surface area contributed by atoms with Gasteiger partial charge < -0.3 is 5.11 Å². The number of sulfonamides is 1. The Bertz CT molecular complexity index is 945. The molecule has 25 heavy (non-hydrogen) atoms. The smallest absolute Gasteiger partial charge is 0.324 e. The maximum Gasteiger partial charge on any atom is 0.324 e. The fraction of sp³-hybridized carbons (Fsp3) is 0.133. The Labute approximate surface area is 142 Å². The first kappa shape index (κ1) is 18.3. The number of rotatable bonds is 6. The van der Waals surface area contributed by atoms with E-state index in [-0.39, 0.29) is 5.56 Å². The van der Waals surface area contributed by atoms with Crippen molar-refractivity contribution in [2.24, 2.45) is 0 Å². The van der Waals surface area contributed by atoms with Gasteiger partial charge >= 0.3 is 5.97 Å². The maximum atomic E-state index is 14.0. The molecule has 0 saturated carbocycles. The Hall–Kier alpha value is -3.01. The molecule has 0 radical (unpaired) electrons. The highest BCUT2D eigenvalue weighted by Gasteiger charge is 2.31. The molecule has 0 bridgehead atoms. The number of carbonyl (C=O) groups is 1. The number of hydrogen-bond acceptors (Lipinski definition) is 5. The van der Waals surface area contributed by atoms with E-state index in [1.807, 2.05) is 0 Å². The van der Waals surface area contributed by atoms with Crippen molar-refractivity contribution in [3.05, 3.63) is 64.0 Å². The molecule has 0 unspecified atom stereocenters. The van der Waals surface area contributed by atoms with Crippen LogP contribution in [0.2, 0.25) is 0 Å². The van der Waals surface area contributed by atoms with Gasteiger partial charge in [-0.15, -0.1) is 0 Å². The lowest BCUT2D eigenvalue weighted by Gasteiger charge is -2.23. The van der Waals surface area contributed by atoms with Gasteiger partial charge in [-0.1, -0.05) is 18.2 Å². The summed E-state index contributed by atoms with van der Waals surface area (Å²) in [5, 5.41) is 19.9. The second kappa shape index (κ2) is 6.85. The van der Waals surface area contributed by atoms with Crippen LogP contribution in [-0.2, 0) is 14.8 Å². The average Bonchev–Trinajstić information content (AvgIpc) is 2.53. The first-order valence-corrected chi connectivity index (χ1v) is 8.32. The van der Waals surface area contributed by atoms with Gasteiger partial charge in [-0.25, -0.2) is 12.8 Å². The summed E-state index contributed by atoms with van der Waals surface area (Å²) in [6, 6.07) is 7.94. The van der Waals surface area contributed by atoms with E-state index >= 15 is 0 Å². The fourth-order valence-electron chi connectivity index (χ4n) is 2.18. The van der Waals surface area contributed by atoms with Gasteiger partial charge in [-0.2, -0.15) is 0 Å². The molecule has 8 nitrogen and oxygen atoms in total. The molecule has 0 aliphatic rings. The quantitative estimate of drug-likeness (QED) is 0.617. The van der Waals surface area contributed by atoms with E-state index in [4.69, 9.17) is 5.11 Å². The molecule has 0 aliphatic carbocycles. The molecule has 0 spiro atoms. The van der Waals surface area contributed by atoms with Crippen LogP contribution in [-0.4, -0.2) is 31.0 Å². The van der Waals surface area contributed by atoms with E-state index in [2.05, 4.69) is 0 Å². The third kappa shape index (κ3) is 3.74. The lowest BCUT2D eigenvalue weighted by molar-refractivity contribution is -0.385. The number of nitro benzene ring substituents is 1. The van der Waals surface area contributed by atoms with Gasteiger partial charge in [0.15, 0.2) is 0 Å². The van der Waals surface area contributed by atoms with Crippen LogP contribution in [0.1, 0.15) is 5.56 Å². The second-order valence-corrected chi connectivity index (χ2v) is 6.89. The summed E-state index contributed by atoms with van der Waals surface area (Å²) < 4.78 is 40.2. The van der Waals surface area contributed by atoms with Crippen LogP contribution in [0, 0.1) is 22.9 Å². The van der Waals surface area contributed by atoms with E-state index in [0.29, 0.717) is 4.31 Å². The van der Waals surface area contributed by atoms with Gasteiger partial charge in [0.1, 0.15) is 12.4 Å². The summed E-state index contributed by atoms with van der Waals surface area (Å²) >= 11 is 0. The highest BCUT2D eigenvalue weighted by Crippen LogP contribution is 2.29. The van der Waals surface area contributed by atoms with Crippen molar-refractivity contribution in [1.82, 2.24) is 0 Å². The minimum absolute atomic E-state index is 0.164. The van der Waals surface area contributed by atoms with Crippen molar-refractivity contribution in [1.29, 1.82) is 0 Å². The van der Waals surface area contributed by atoms with E-state index < -0.39 is 49.5 Å². The molecular formula is C15H13FN2O6S. The number of halogens is 1. The van der Waals surface area contributed by atoms with Crippen LogP contribution in [0.4, 0.5) is 15.8 Å². The van der Waals surface area contributed by atoms with Crippen molar-refractivity contribution in [2.45, 2.75) is 11.8 Å². The molecule has 0 amide bonds. The van der Waals surface area contributed by atoms with Crippen LogP contribution >= 0.6 is 0 Å². The molecule has 2 aromatic rings. The summed E-state index contributed by atoms with van der Waals surface area (Å²) in [5.41, 5.74) is -0.777. The molecule has 2 rings (SSSR count). The molecule has 0 heterocycles. The topological polar surface area (TPSA) is 118 Å². The van der Waals surface area contributed by atoms with Crippen LogP contribution in [0.3, 0.4) is 0 Å². The average molecular weight is 368 g/mol. The van der Waals surface area contributed by atoms with Crippen molar-refractivity contribution >= 4 is 27.4 Å². The van der Waals surface area contributed by atoms with Crippen LogP contribution in [0.5, 0.6) is 0 Å². The molecule has 2 aromatic carbocycles. The standard InChI is InChI=1S/C15H13FN2O6S/c1-10-6-7-11(18(21)22)8-14(10)25(23,24)17(9-15(19)20)13-5-3-2-4-12(13)16/h2-8H,9H2,1H3,(H,19,20). The van der Waals surface area contributed by atoms with Gasteiger partial charge in [0.2, 0.25) is 0 Å². The number of aliphatic carboxylic acids is 1. The molecule has 0 aliphatic heterocycles. The Morgan fingerprint density at radius 2 is 1.92 bits per heavy atom. The second-order valence-electron chi connectivity index (χ2n) is 5.06. The van der Waals surface area contributed by atoms with Crippen LogP contribution in [0.25, 0.3) is 0 Å². The zero-order valence-corrected chi connectivity index (χ0v) is 13.7. The molecule has 0 atom stereocenters. The molecular weight excluding hydrogens is 355 g/mol. The maximum absolute atomic E-state index is 14.0. The van der Waals surface area contributed by atoms with Crippen molar-refractivity contribution < 1.29 is 27.6 Å². The number of hydrogen-bond donors (Lipinski definition) is 1. The highest BCUT2D eigenvalue weighted by molar-refractivity contribution is 7.93. The SMILES string of the molecule is Cc1ccc([N+](=O)[O-])cc1S(=O)(=O)N(CC(=O)O)c1ccccc1F. The number of nitrogens with zero attached hydrogens (tertiary/aromatic N) is 2. The molecule has 1 N–H and O–H groups in total. The van der Waals surface area contributed by atoms with E-state index in [0.717, 1.165) is 24.3 Å². The molecule has 132 valence electrons. The van der Waals surface area contributed by atoms with Crippen LogP contribution < -0.4 is 4.31 Å². The normalized spacial score (nSPS) is 11.1. The predicted molar refractivity (Wildman–Crippen MR) is 86.4 cm³/mol. The number of para-hydroxylation sites is 1. The van der Waals surface area contributed by atoms with E-state index in [9.17, 15) is 27.7 Å². The Balaban J connectivity index is 2.68. The van der Waals surface area contributed by atoms with Gasteiger partial charge in [0, 0.05) is 12.1 Å². The summed E-state index contributed by atoms with van der Waals surface area (Å²) in [5.74, 6) is -2.44. The zero-order chi connectivity index (χ0) is 18.8. The minimum Gasteiger partial charge on any atom is -0.480 e. The molecule has 0 fully saturated rings. The van der Waals surface area contributed by atoms with Gasteiger partial charge in [0.25, 0.3) is 15.7 Å². The Morgan fingerprint density at radius 3 is 2.48 bits per heavy atom. The first-order chi connectivity index (χ1) is 11.6. The third-order valence-electron chi connectivity index (χ3n) is 3.35. The lowest BCUT2D eigenvalue weighted by atomic mass is 10.2. The van der Waals surface area contributed by atoms with Crippen molar-refractivity contribution in [3.8, 4) is 0 Å². The number of benzene rings is 2. The zero-order valence-electron chi connectivity index (χ0n) is 12.9.